The maximum Gasteiger partial charge on any atom is 0.325 e. The third-order valence-electron chi connectivity index (χ3n) is 1.82. The molecule has 0 aliphatic rings. The van der Waals surface area contributed by atoms with Crippen LogP contribution in [-0.4, -0.2) is 41.4 Å². The summed E-state index contributed by atoms with van der Waals surface area (Å²) in [7, 11) is 0. The SMILES string of the molecule is CSN(SC)[C@H](C(=O)OCCN)C(C)C. The van der Waals surface area contributed by atoms with Gasteiger partial charge in [0.25, 0.3) is 0 Å². The Kier molecular flexibility index (Phi) is 8.32. The van der Waals surface area contributed by atoms with Crippen molar-refractivity contribution in [2.75, 3.05) is 25.7 Å². The standard InChI is InChI=1S/C9H20N2O2S2/c1-7(2)8(11(14-3)15-4)9(12)13-6-5-10/h7-8H,5-6,10H2,1-4H3/t8-/m0/s1. The molecule has 0 saturated carbocycles. The van der Waals surface area contributed by atoms with Gasteiger partial charge in [-0.25, -0.2) is 0 Å². The number of esters is 1. The lowest BCUT2D eigenvalue weighted by Gasteiger charge is -2.28. The first-order chi connectivity index (χ1) is 7.08. The van der Waals surface area contributed by atoms with Crippen molar-refractivity contribution in [3.8, 4) is 0 Å². The van der Waals surface area contributed by atoms with E-state index in [4.69, 9.17) is 10.5 Å². The average Bonchev–Trinajstić information content (AvgIpc) is 2.21. The lowest BCUT2D eigenvalue weighted by molar-refractivity contribution is -0.147. The molecule has 15 heavy (non-hydrogen) atoms. The first kappa shape index (κ1) is 15.1. The smallest absolute Gasteiger partial charge is 0.325 e. The van der Waals surface area contributed by atoms with Gasteiger partial charge in [0.05, 0.1) is 0 Å². The van der Waals surface area contributed by atoms with Crippen LogP contribution in [0, 0.1) is 5.92 Å². The van der Waals surface area contributed by atoms with E-state index in [1.54, 1.807) is 0 Å². The van der Waals surface area contributed by atoms with Gasteiger partial charge in [-0.3, -0.25) is 4.79 Å². The van der Waals surface area contributed by atoms with Gasteiger partial charge in [0.15, 0.2) is 0 Å². The zero-order valence-electron chi connectivity index (χ0n) is 9.73. The summed E-state index contributed by atoms with van der Waals surface area (Å²) >= 11 is 3.06. The van der Waals surface area contributed by atoms with Crippen molar-refractivity contribution < 1.29 is 9.53 Å². The monoisotopic (exact) mass is 252 g/mol. The Morgan fingerprint density at radius 1 is 1.40 bits per heavy atom. The number of hydrogen-bond donors (Lipinski definition) is 1. The van der Waals surface area contributed by atoms with Crippen molar-refractivity contribution >= 4 is 29.9 Å². The highest BCUT2D eigenvalue weighted by molar-refractivity contribution is 8.11. The van der Waals surface area contributed by atoms with Gasteiger partial charge in [0.2, 0.25) is 0 Å². The Hall–Kier alpha value is 0.0900. The topological polar surface area (TPSA) is 55.6 Å². The van der Waals surface area contributed by atoms with E-state index in [1.807, 2.05) is 30.1 Å². The van der Waals surface area contributed by atoms with Crippen LogP contribution in [-0.2, 0) is 9.53 Å². The minimum Gasteiger partial charge on any atom is -0.463 e. The van der Waals surface area contributed by atoms with Crippen molar-refractivity contribution in [1.82, 2.24) is 3.71 Å². The fraction of sp³-hybridized carbons (Fsp3) is 0.889. The molecule has 0 aromatic carbocycles. The van der Waals surface area contributed by atoms with Crippen molar-refractivity contribution in [3.05, 3.63) is 0 Å². The predicted octanol–water partition coefficient (Wildman–Crippen LogP) is 1.37. The van der Waals surface area contributed by atoms with Crippen LogP contribution in [0.5, 0.6) is 0 Å². The summed E-state index contributed by atoms with van der Waals surface area (Å²) in [5, 5.41) is 0. The van der Waals surface area contributed by atoms with Gasteiger partial charge in [0.1, 0.15) is 12.6 Å². The number of nitrogens with two attached hydrogens (primary N) is 1. The number of nitrogens with zero attached hydrogens (tertiary/aromatic N) is 1. The highest BCUT2D eigenvalue weighted by atomic mass is 32.2. The first-order valence-electron chi connectivity index (χ1n) is 4.82. The predicted molar refractivity (Wildman–Crippen MR) is 67.5 cm³/mol. The van der Waals surface area contributed by atoms with Gasteiger partial charge >= 0.3 is 5.97 Å². The molecule has 0 amide bonds. The molecular weight excluding hydrogens is 232 g/mol. The van der Waals surface area contributed by atoms with Crippen LogP contribution in [0.2, 0.25) is 0 Å². The van der Waals surface area contributed by atoms with Gasteiger partial charge in [-0.2, -0.15) is 3.71 Å². The van der Waals surface area contributed by atoms with E-state index in [0.29, 0.717) is 13.2 Å². The summed E-state index contributed by atoms with van der Waals surface area (Å²) in [6.45, 7) is 4.68. The number of carbonyl (C=O) groups excluding carboxylic acids is 1. The van der Waals surface area contributed by atoms with Crippen molar-refractivity contribution in [2.24, 2.45) is 11.7 Å². The molecule has 0 aromatic rings. The zero-order chi connectivity index (χ0) is 11.8. The second kappa shape index (κ2) is 8.27. The minimum absolute atomic E-state index is 0.195. The molecule has 0 unspecified atom stereocenters. The molecule has 0 aliphatic heterocycles. The highest BCUT2D eigenvalue weighted by Gasteiger charge is 2.29. The second-order valence-electron chi connectivity index (χ2n) is 3.30. The molecule has 0 radical (unpaired) electrons. The largest absolute Gasteiger partial charge is 0.463 e. The minimum atomic E-state index is -0.221. The van der Waals surface area contributed by atoms with E-state index in [0.717, 1.165) is 0 Å². The maximum atomic E-state index is 11.8. The summed E-state index contributed by atoms with van der Waals surface area (Å²) in [5.41, 5.74) is 5.29. The quantitative estimate of drug-likeness (QED) is 0.545. The van der Waals surface area contributed by atoms with E-state index in [-0.39, 0.29) is 17.9 Å². The molecule has 0 fully saturated rings. The third kappa shape index (κ3) is 5.10. The van der Waals surface area contributed by atoms with Crippen LogP contribution >= 0.6 is 23.9 Å². The fourth-order valence-electron chi connectivity index (χ4n) is 1.15. The molecule has 0 spiro atoms. The van der Waals surface area contributed by atoms with E-state index < -0.39 is 0 Å². The molecule has 0 heterocycles. The first-order valence-corrected chi connectivity index (χ1v) is 7.19. The van der Waals surface area contributed by atoms with Crippen LogP contribution in [0.15, 0.2) is 0 Å². The Morgan fingerprint density at radius 3 is 2.27 bits per heavy atom. The average molecular weight is 252 g/mol. The summed E-state index contributed by atoms with van der Waals surface area (Å²) in [6.07, 6.45) is 3.89. The van der Waals surface area contributed by atoms with Crippen molar-refractivity contribution in [3.63, 3.8) is 0 Å². The second-order valence-corrected chi connectivity index (χ2v) is 5.04. The fourth-order valence-corrected chi connectivity index (χ4v) is 2.86. The van der Waals surface area contributed by atoms with Crippen LogP contribution in [0.25, 0.3) is 0 Å². The van der Waals surface area contributed by atoms with Gasteiger partial charge in [-0.05, 0) is 18.4 Å². The van der Waals surface area contributed by atoms with Crippen LogP contribution in [0.1, 0.15) is 13.8 Å². The molecule has 4 nitrogen and oxygen atoms in total. The lowest BCUT2D eigenvalue weighted by atomic mass is 10.1. The molecule has 0 aromatic heterocycles. The Labute approximate surface area is 101 Å². The molecule has 0 bridgehead atoms. The van der Waals surface area contributed by atoms with Gasteiger partial charge in [0, 0.05) is 6.54 Å². The number of hydrogen-bond acceptors (Lipinski definition) is 6. The van der Waals surface area contributed by atoms with Gasteiger partial charge in [-0.15, -0.1) is 0 Å². The lowest BCUT2D eigenvalue weighted by Crippen LogP contribution is -2.39. The van der Waals surface area contributed by atoms with E-state index in [9.17, 15) is 4.79 Å². The van der Waals surface area contributed by atoms with E-state index in [2.05, 4.69) is 0 Å². The molecule has 0 rings (SSSR count). The third-order valence-corrected chi connectivity index (χ3v) is 3.89. The van der Waals surface area contributed by atoms with E-state index in [1.165, 1.54) is 23.9 Å². The van der Waals surface area contributed by atoms with Crippen molar-refractivity contribution in [2.45, 2.75) is 19.9 Å². The summed E-state index contributed by atoms with van der Waals surface area (Å²) in [5.74, 6) is 0.0225. The normalized spacial score (nSPS) is 13.3. The number of rotatable bonds is 7. The van der Waals surface area contributed by atoms with Gasteiger partial charge < -0.3 is 10.5 Å². The van der Waals surface area contributed by atoms with Crippen LogP contribution in [0.3, 0.4) is 0 Å². The molecule has 1 atom stereocenters. The Balaban J connectivity index is 4.43. The summed E-state index contributed by atoms with van der Waals surface area (Å²) < 4.78 is 7.01. The summed E-state index contributed by atoms with van der Waals surface area (Å²) in [6, 6.07) is -0.221. The molecule has 6 heteroatoms. The summed E-state index contributed by atoms with van der Waals surface area (Å²) in [4.78, 5) is 11.8. The molecule has 2 N–H and O–H groups in total. The van der Waals surface area contributed by atoms with Crippen LogP contribution < -0.4 is 5.73 Å². The number of ether oxygens (including phenoxy) is 1. The van der Waals surface area contributed by atoms with Crippen molar-refractivity contribution in [1.29, 1.82) is 0 Å². The van der Waals surface area contributed by atoms with E-state index >= 15 is 0 Å². The van der Waals surface area contributed by atoms with Crippen LogP contribution in [0.4, 0.5) is 0 Å². The Morgan fingerprint density at radius 2 is 1.93 bits per heavy atom. The molecular formula is C9H20N2O2S2. The zero-order valence-corrected chi connectivity index (χ0v) is 11.4. The Bertz CT molecular complexity index is 187. The molecule has 90 valence electrons. The molecule has 0 saturated heterocycles. The highest BCUT2D eigenvalue weighted by Crippen LogP contribution is 2.26. The van der Waals surface area contributed by atoms with Gasteiger partial charge in [-0.1, -0.05) is 37.7 Å². The number of carbonyl (C=O) groups is 1. The maximum absolute atomic E-state index is 11.8. The molecule has 0 aliphatic carbocycles.